The molecule has 0 saturated carbocycles. The molecular formula is C22H30N4O3. The van der Waals surface area contributed by atoms with Gasteiger partial charge < -0.3 is 25.4 Å². The summed E-state index contributed by atoms with van der Waals surface area (Å²) < 4.78 is 10.8. The molecule has 29 heavy (non-hydrogen) atoms. The highest BCUT2D eigenvalue weighted by Crippen LogP contribution is 2.26. The zero-order valence-corrected chi connectivity index (χ0v) is 17.8. The number of nitrogens with one attached hydrogen (secondary N) is 3. The fourth-order valence-electron chi connectivity index (χ4n) is 2.83. The molecule has 7 heteroatoms. The van der Waals surface area contributed by atoms with Crippen LogP contribution in [0.5, 0.6) is 11.5 Å². The molecule has 156 valence electrons. The molecule has 2 aromatic rings. The summed E-state index contributed by atoms with van der Waals surface area (Å²) in [5.74, 6) is 2.02. The van der Waals surface area contributed by atoms with Crippen LogP contribution >= 0.6 is 0 Å². The van der Waals surface area contributed by atoms with Crippen LogP contribution in [-0.2, 0) is 17.9 Å². The quantitative estimate of drug-likeness (QED) is 0.470. The number of amides is 1. The molecule has 0 fully saturated rings. The molecule has 0 aliphatic heterocycles. The van der Waals surface area contributed by atoms with Gasteiger partial charge >= 0.3 is 0 Å². The zero-order valence-electron chi connectivity index (χ0n) is 17.8. The van der Waals surface area contributed by atoms with E-state index in [1.807, 2.05) is 44.2 Å². The van der Waals surface area contributed by atoms with E-state index in [-0.39, 0.29) is 5.91 Å². The number of aliphatic imine (C=N–C) groups is 1. The van der Waals surface area contributed by atoms with Crippen LogP contribution in [-0.4, -0.2) is 32.6 Å². The number of anilines is 1. The third-order valence-corrected chi connectivity index (χ3v) is 4.23. The molecule has 3 N–H and O–H groups in total. The minimum Gasteiger partial charge on any atom is -0.496 e. The molecule has 2 rings (SSSR count). The predicted octanol–water partition coefficient (Wildman–Crippen LogP) is 3.23. The van der Waals surface area contributed by atoms with E-state index < -0.39 is 0 Å². The highest BCUT2D eigenvalue weighted by molar-refractivity contribution is 5.90. The summed E-state index contributed by atoms with van der Waals surface area (Å²) >= 11 is 0. The molecule has 0 radical (unpaired) electrons. The Bertz CT molecular complexity index is 865. The summed E-state index contributed by atoms with van der Waals surface area (Å²) in [5, 5.41) is 9.36. The monoisotopic (exact) mass is 398 g/mol. The van der Waals surface area contributed by atoms with Gasteiger partial charge in [0, 0.05) is 25.6 Å². The van der Waals surface area contributed by atoms with E-state index in [0.29, 0.717) is 30.5 Å². The van der Waals surface area contributed by atoms with E-state index in [4.69, 9.17) is 9.47 Å². The number of aryl methyl sites for hydroxylation is 1. The average molecular weight is 399 g/mol. The van der Waals surface area contributed by atoms with Crippen molar-refractivity contribution in [3.63, 3.8) is 0 Å². The van der Waals surface area contributed by atoms with Gasteiger partial charge in [0.05, 0.1) is 26.5 Å². The third-order valence-electron chi connectivity index (χ3n) is 4.23. The Balaban J connectivity index is 2.12. The van der Waals surface area contributed by atoms with Crippen molar-refractivity contribution in [3.8, 4) is 11.5 Å². The highest BCUT2D eigenvalue weighted by Gasteiger charge is 2.07. The fraction of sp³-hybridized carbons (Fsp3) is 0.364. The van der Waals surface area contributed by atoms with Crippen molar-refractivity contribution in [2.75, 3.05) is 26.1 Å². The number of hydrogen-bond donors (Lipinski definition) is 3. The Morgan fingerprint density at radius 1 is 1.03 bits per heavy atom. The van der Waals surface area contributed by atoms with Crippen molar-refractivity contribution in [2.24, 2.45) is 4.99 Å². The van der Waals surface area contributed by atoms with Crippen molar-refractivity contribution in [2.45, 2.75) is 33.9 Å². The molecule has 0 unspecified atom stereocenters. The minimum atomic E-state index is -0.147. The summed E-state index contributed by atoms with van der Waals surface area (Å²) in [6.45, 7) is 7.32. The molecule has 0 aliphatic rings. The van der Waals surface area contributed by atoms with Crippen LogP contribution in [0.3, 0.4) is 0 Å². The van der Waals surface area contributed by atoms with Gasteiger partial charge in [-0.2, -0.15) is 0 Å². The van der Waals surface area contributed by atoms with Crippen molar-refractivity contribution in [3.05, 3.63) is 53.1 Å². The topological polar surface area (TPSA) is 84.0 Å². The largest absolute Gasteiger partial charge is 0.496 e. The number of guanidine groups is 1. The molecular weight excluding hydrogens is 368 g/mol. The minimum absolute atomic E-state index is 0.147. The Labute approximate surface area is 172 Å². The average Bonchev–Trinajstić information content (AvgIpc) is 2.70. The van der Waals surface area contributed by atoms with Gasteiger partial charge in [0.15, 0.2) is 5.96 Å². The van der Waals surface area contributed by atoms with Gasteiger partial charge in [0.1, 0.15) is 11.5 Å². The Hall–Kier alpha value is -3.22. The lowest BCUT2D eigenvalue weighted by atomic mass is 10.1. The molecule has 2 aromatic carbocycles. The van der Waals surface area contributed by atoms with Crippen LogP contribution in [0.2, 0.25) is 0 Å². The van der Waals surface area contributed by atoms with Gasteiger partial charge in [-0.05, 0) is 43.2 Å². The van der Waals surface area contributed by atoms with Gasteiger partial charge in [0.2, 0.25) is 5.91 Å². The lowest BCUT2D eigenvalue weighted by Gasteiger charge is -2.14. The van der Waals surface area contributed by atoms with Crippen LogP contribution < -0.4 is 25.4 Å². The molecule has 1 amide bonds. The van der Waals surface area contributed by atoms with Crippen LogP contribution in [0.25, 0.3) is 0 Å². The number of ether oxygens (including phenoxy) is 2. The first-order chi connectivity index (χ1) is 14.0. The number of rotatable bonds is 8. The molecule has 0 aliphatic carbocycles. The summed E-state index contributed by atoms with van der Waals surface area (Å²) in [6.07, 6.45) is 0. The molecule has 0 heterocycles. The van der Waals surface area contributed by atoms with Gasteiger partial charge in [-0.15, -0.1) is 0 Å². The van der Waals surface area contributed by atoms with Crippen molar-refractivity contribution < 1.29 is 14.3 Å². The van der Waals surface area contributed by atoms with E-state index in [0.717, 1.165) is 29.0 Å². The first-order valence-corrected chi connectivity index (χ1v) is 9.57. The lowest BCUT2D eigenvalue weighted by Crippen LogP contribution is -2.36. The Morgan fingerprint density at radius 2 is 1.79 bits per heavy atom. The Morgan fingerprint density at radius 3 is 2.45 bits per heavy atom. The van der Waals surface area contributed by atoms with Crippen molar-refractivity contribution in [1.29, 1.82) is 0 Å². The second kappa shape index (κ2) is 10.9. The van der Waals surface area contributed by atoms with E-state index in [1.54, 1.807) is 14.2 Å². The SMILES string of the molecule is CCNC(=NCc1ccc(OC)c(NC(C)=O)c1)NCc1ccc(C)cc1OC. The van der Waals surface area contributed by atoms with Crippen LogP contribution in [0, 0.1) is 6.92 Å². The second-order valence-electron chi connectivity index (χ2n) is 6.58. The van der Waals surface area contributed by atoms with Crippen LogP contribution in [0.4, 0.5) is 5.69 Å². The summed E-state index contributed by atoms with van der Waals surface area (Å²) in [4.78, 5) is 16.1. The van der Waals surface area contributed by atoms with Crippen molar-refractivity contribution in [1.82, 2.24) is 10.6 Å². The maximum Gasteiger partial charge on any atom is 0.221 e. The first kappa shape index (κ1) is 22.1. The van der Waals surface area contributed by atoms with Crippen molar-refractivity contribution >= 4 is 17.6 Å². The maximum absolute atomic E-state index is 11.4. The predicted molar refractivity (Wildman–Crippen MR) is 117 cm³/mol. The van der Waals surface area contributed by atoms with Gasteiger partial charge in [0.25, 0.3) is 0 Å². The number of carbonyl (C=O) groups excluding carboxylic acids is 1. The second-order valence-corrected chi connectivity index (χ2v) is 6.58. The number of benzene rings is 2. The van der Waals surface area contributed by atoms with Gasteiger partial charge in [-0.3, -0.25) is 4.79 Å². The fourth-order valence-corrected chi connectivity index (χ4v) is 2.83. The van der Waals surface area contributed by atoms with Gasteiger partial charge in [-0.25, -0.2) is 4.99 Å². The van der Waals surface area contributed by atoms with Crippen LogP contribution in [0.15, 0.2) is 41.4 Å². The summed E-state index contributed by atoms with van der Waals surface area (Å²) in [7, 11) is 3.25. The molecule has 0 bridgehead atoms. The zero-order chi connectivity index (χ0) is 21.2. The standard InChI is InChI=1S/C22H30N4O3/c1-6-23-22(25-14-18-9-7-15(2)11-21(18)29-5)24-13-17-8-10-20(28-4)19(12-17)26-16(3)27/h7-12H,6,13-14H2,1-5H3,(H,26,27)(H2,23,24,25). The Kier molecular flexibility index (Phi) is 8.33. The molecule has 0 atom stereocenters. The normalized spacial score (nSPS) is 11.0. The first-order valence-electron chi connectivity index (χ1n) is 9.57. The van der Waals surface area contributed by atoms with E-state index in [2.05, 4.69) is 27.0 Å². The number of hydrogen-bond acceptors (Lipinski definition) is 4. The van der Waals surface area contributed by atoms with Gasteiger partial charge in [-0.1, -0.05) is 18.2 Å². The number of methoxy groups -OCH3 is 2. The smallest absolute Gasteiger partial charge is 0.221 e. The molecule has 0 aromatic heterocycles. The van der Waals surface area contributed by atoms with E-state index in [1.165, 1.54) is 6.92 Å². The summed E-state index contributed by atoms with van der Waals surface area (Å²) in [5.41, 5.74) is 3.80. The van der Waals surface area contributed by atoms with E-state index >= 15 is 0 Å². The lowest BCUT2D eigenvalue weighted by molar-refractivity contribution is -0.114. The maximum atomic E-state index is 11.4. The molecule has 0 spiro atoms. The van der Waals surface area contributed by atoms with Crippen LogP contribution in [0.1, 0.15) is 30.5 Å². The van der Waals surface area contributed by atoms with E-state index in [9.17, 15) is 4.79 Å². The third kappa shape index (κ3) is 6.71. The molecule has 0 saturated heterocycles. The summed E-state index contributed by atoms with van der Waals surface area (Å²) in [6, 6.07) is 11.8. The molecule has 7 nitrogen and oxygen atoms in total. The number of nitrogens with zero attached hydrogens (tertiary/aromatic N) is 1. The number of carbonyl (C=O) groups is 1. The highest BCUT2D eigenvalue weighted by atomic mass is 16.5.